The van der Waals surface area contributed by atoms with Gasteiger partial charge in [0.1, 0.15) is 17.1 Å². The molecule has 0 radical (unpaired) electrons. The van der Waals surface area contributed by atoms with Gasteiger partial charge in [-0.05, 0) is 63.6 Å². The molecule has 0 unspecified atom stereocenters. The van der Waals surface area contributed by atoms with Crippen LogP contribution in [0.25, 0.3) is 16.9 Å². The van der Waals surface area contributed by atoms with Crippen molar-refractivity contribution in [3.63, 3.8) is 0 Å². The van der Waals surface area contributed by atoms with Gasteiger partial charge in [0.15, 0.2) is 5.65 Å². The number of ether oxygens (including phenoxy) is 3. The Kier molecular flexibility index (Phi) is 8.72. The Labute approximate surface area is 245 Å². The van der Waals surface area contributed by atoms with Crippen LogP contribution in [-0.4, -0.2) is 46.9 Å². The van der Waals surface area contributed by atoms with Crippen molar-refractivity contribution >= 4 is 35.0 Å². The number of hydrogen-bond donors (Lipinski definition) is 0. The van der Waals surface area contributed by atoms with E-state index in [2.05, 4.69) is 4.98 Å². The Hall–Kier alpha value is -4.25. The highest BCUT2D eigenvalue weighted by atomic mass is 35.5. The largest absolute Gasteiger partial charge is 0.465 e. The Morgan fingerprint density at radius 1 is 1.05 bits per heavy atom. The SMILES string of the molecule is COC(=O)c1ccc(-c2cnc3c(N(CCC(F)(F)F)C(=O)OC(C)(C)C)cc(Oc4cccc(Cl)c4)cn23)cc1C. The number of nitrogens with zero attached hydrogens (tertiary/aromatic N) is 3. The maximum atomic E-state index is 13.4. The van der Waals surface area contributed by atoms with Crippen LogP contribution >= 0.6 is 11.6 Å². The molecule has 0 saturated heterocycles. The molecule has 0 N–H and O–H groups in total. The van der Waals surface area contributed by atoms with Crippen LogP contribution in [-0.2, 0) is 9.47 Å². The number of aromatic nitrogens is 2. The highest BCUT2D eigenvalue weighted by Gasteiger charge is 2.33. The molecule has 8 nitrogen and oxygen atoms in total. The molecule has 0 fully saturated rings. The van der Waals surface area contributed by atoms with Crippen LogP contribution in [0, 0.1) is 6.92 Å². The van der Waals surface area contributed by atoms with Gasteiger partial charge >= 0.3 is 18.2 Å². The maximum Gasteiger partial charge on any atom is 0.414 e. The van der Waals surface area contributed by atoms with Gasteiger partial charge in [0.05, 0.1) is 42.9 Å². The van der Waals surface area contributed by atoms with E-state index in [9.17, 15) is 22.8 Å². The number of pyridine rings is 1. The average Bonchev–Trinajstić information content (AvgIpc) is 3.30. The van der Waals surface area contributed by atoms with Gasteiger partial charge in [-0.15, -0.1) is 0 Å². The lowest BCUT2D eigenvalue weighted by Gasteiger charge is -2.28. The van der Waals surface area contributed by atoms with Crippen molar-refractivity contribution < 1.29 is 37.0 Å². The van der Waals surface area contributed by atoms with Crippen molar-refractivity contribution in [3.8, 4) is 22.8 Å². The lowest BCUT2D eigenvalue weighted by molar-refractivity contribution is -0.132. The molecule has 12 heteroatoms. The lowest BCUT2D eigenvalue weighted by Crippen LogP contribution is -2.39. The first-order valence-corrected chi connectivity index (χ1v) is 13.2. The van der Waals surface area contributed by atoms with E-state index in [0.717, 1.165) is 4.90 Å². The third kappa shape index (κ3) is 7.33. The molecule has 2 aromatic carbocycles. The second kappa shape index (κ2) is 11.9. The molecule has 0 saturated carbocycles. The molecular formula is C30H29ClF3N3O5. The standard InChI is InChI=1S/C30H29ClF3N3O5/c1-18-13-19(9-10-23(18)27(38)40-5)25-16-35-26-24(36(12-11-30(32,33)34)28(39)42-29(2,3)4)15-22(17-37(25)26)41-21-8-6-7-20(31)14-21/h6-10,13-17H,11-12H2,1-5H3. The molecule has 42 heavy (non-hydrogen) atoms. The molecule has 2 aromatic heterocycles. The number of esters is 1. The second-order valence-electron chi connectivity index (χ2n) is 10.5. The van der Waals surface area contributed by atoms with E-state index in [0.29, 0.717) is 33.2 Å². The van der Waals surface area contributed by atoms with Gasteiger partial charge in [0.2, 0.25) is 0 Å². The number of carbonyl (C=O) groups is 2. The first-order chi connectivity index (χ1) is 19.6. The van der Waals surface area contributed by atoms with Crippen LogP contribution in [0.5, 0.6) is 11.5 Å². The number of anilines is 1. The maximum absolute atomic E-state index is 13.4. The molecule has 0 bridgehead atoms. The van der Waals surface area contributed by atoms with Crippen LogP contribution in [0.3, 0.4) is 0 Å². The number of benzene rings is 2. The fraction of sp³-hybridized carbons (Fsp3) is 0.300. The highest BCUT2D eigenvalue weighted by molar-refractivity contribution is 6.30. The van der Waals surface area contributed by atoms with E-state index in [4.69, 9.17) is 25.8 Å². The highest BCUT2D eigenvalue weighted by Crippen LogP contribution is 2.35. The zero-order valence-corrected chi connectivity index (χ0v) is 24.3. The van der Waals surface area contributed by atoms with Crippen LogP contribution in [0.1, 0.15) is 43.1 Å². The Balaban J connectivity index is 1.91. The van der Waals surface area contributed by atoms with Crippen molar-refractivity contribution in [2.24, 2.45) is 0 Å². The van der Waals surface area contributed by atoms with Gasteiger partial charge in [-0.2, -0.15) is 13.2 Å². The smallest absolute Gasteiger partial charge is 0.414 e. The minimum Gasteiger partial charge on any atom is -0.465 e. The summed E-state index contributed by atoms with van der Waals surface area (Å²) in [6.07, 6.45) is -3.67. The monoisotopic (exact) mass is 603 g/mol. The molecule has 0 atom stereocenters. The molecule has 4 rings (SSSR count). The third-order valence-corrected chi connectivity index (χ3v) is 6.28. The number of methoxy groups -OCH3 is 1. The van der Waals surface area contributed by atoms with Gasteiger partial charge in [-0.25, -0.2) is 14.6 Å². The number of amides is 1. The number of alkyl halides is 3. The topological polar surface area (TPSA) is 82.4 Å². The number of imidazole rings is 1. The Bertz CT molecular complexity index is 1630. The molecule has 222 valence electrons. The molecule has 1 amide bonds. The summed E-state index contributed by atoms with van der Waals surface area (Å²) in [5.41, 5.74) is 1.46. The first kappa shape index (κ1) is 30.7. The summed E-state index contributed by atoms with van der Waals surface area (Å²) in [5.74, 6) is 0.0729. The normalized spacial score (nSPS) is 11.8. The van der Waals surface area contributed by atoms with Crippen LogP contribution in [0.2, 0.25) is 5.02 Å². The summed E-state index contributed by atoms with van der Waals surface area (Å²) in [7, 11) is 1.29. The summed E-state index contributed by atoms with van der Waals surface area (Å²) >= 11 is 6.12. The van der Waals surface area contributed by atoms with E-state index in [1.54, 1.807) is 80.8 Å². The number of aryl methyl sites for hydroxylation is 1. The molecule has 0 spiro atoms. The summed E-state index contributed by atoms with van der Waals surface area (Å²) in [5, 5.41) is 0.416. The van der Waals surface area contributed by atoms with Crippen molar-refractivity contribution in [1.29, 1.82) is 0 Å². The average molecular weight is 604 g/mol. The zero-order valence-electron chi connectivity index (χ0n) is 23.6. The molecule has 2 heterocycles. The van der Waals surface area contributed by atoms with Crippen molar-refractivity contribution in [1.82, 2.24) is 9.38 Å². The fourth-order valence-electron chi connectivity index (χ4n) is 4.21. The number of hydrogen-bond acceptors (Lipinski definition) is 6. The molecule has 0 aliphatic carbocycles. The number of fused-ring (bicyclic) bond motifs is 1. The quantitative estimate of drug-likeness (QED) is 0.198. The second-order valence-corrected chi connectivity index (χ2v) is 10.9. The van der Waals surface area contributed by atoms with Gasteiger partial charge in [0, 0.05) is 23.2 Å². The number of carbonyl (C=O) groups excluding carboxylic acids is 2. The van der Waals surface area contributed by atoms with Crippen LogP contribution in [0.15, 0.2) is 60.9 Å². The number of halogens is 4. The predicted octanol–water partition coefficient (Wildman–Crippen LogP) is 8.24. The summed E-state index contributed by atoms with van der Waals surface area (Å²) in [4.78, 5) is 30.8. The van der Waals surface area contributed by atoms with E-state index in [-0.39, 0.29) is 17.1 Å². The first-order valence-electron chi connectivity index (χ1n) is 12.9. The fourth-order valence-corrected chi connectivity index (χ4v) is 4.39. The predicted molar refractivity (Wildman–Crippen MR) is 152 cm³/mol. The zero-order chi connectivity index (χ0) is 30.8. The third-order valence-electron chi connectivity index (χ3n) is 6.04. The van der Waals surface area contributed by atoms with Crippen molar-refractivity contribution in [2.45, 2.75) is 45.9 Å². The van der Waals surface area contributed by atoms with Crippen LogP contribution < -0.4 is 9.64 Å². The van der Waals surface area contributed by atoms with Gasteiger partial charge in [0.25, 0.3) is 0 Å². The van der Waals surface area contributed by atoms with Crippen molar-refractivity contribution in [2.75, 3.05) is 18.6 Å². The van der Waals surface area contributed by atoms with Crippen molar-refractivity contribution in [3.05, 3.63) is 77.1 Å². The lowest BCUT2D eigenvalue weighted by atomic mass is 10.0. The van der Waals surface area contributed by atoms with Gasteiger partial charge < -0.3 is 14.2 Å². The van der Waals surface area contributed by atoms with Gasteiger partial charge in [-0.1, -0.05) is 23.7 Å². The molecule has 4 aromatic rings. The molecule has 0 aliphatic heterocycles. The minimum atomic E-state index is -4.54. The van der Waals surface area contributed by atoms with E-state index >= 15 is 0 Å². The summed E-state index contributed by atoms with van der Waals surface area (Å²) in [6, 6.07) is 13.1. The Morgan fingerprint density at radius 2 is 1.79 bits per heavy atom. The summed E-state index contributed by atoms with van der Waals surface area (Å²) in [6.45, 7) is 5.89. The van der Waals surface area contributed by atoms with E-state index in [1.807, 2.05) is 0 Å². The minimum absolute atomic E-state index is 0.0437. The number of rotatable bonds is 7. The summed E-state index contributed by atoms with van der Waals surface area (Å²) < 4.78 is 58.0. The van der Waals surface area contributed by atoms with E-state index < -0.39 is 36.8 Å². The Morgan fingerprint density at radius 3 is 2.40 bits per heavy atom. The van der Waals surface area contributed by atoms with Crippen LogP contribution in [0.4, 0.5) is 23.7 Å². The van der Waals surface area contributed by atoms with E-state index in [1.165, 1.54) is 19.4 Å². The van der Waals surface area contributed by atoms with Gasteiger partial charge in [-0.3, -0.25) is 9.30 Å². The molecule has 0 aliphatic rings. The molecular weight excluding hydrogens is 575 g/mol.